The van der Waals surface area contributed by atoms with E-state index in [-0.39, 0.29) is 18.6 Å². The first-order chi connectivity index (χ1) is 11.2. The molecule has 1 amide bonds. The Morgan fingerprint density at radius 1 is 1.43 bits per heavy atom. The maximum absolute atomic E-state index is 12.9. The van der Waals surface area contributed by atoms with Gasteiger partial charge in [-0.1, -0.05) is 18.2 Å². The van der Waals surface area contributed by atoms with Crippen LogP contribution >= 0.6 is 0 Å². The first-order valence-electron chi connectivity index (χ1n) is 8.07. The molecule has 1 aliphatic heterocycles. The number of aliphatic hydroxyl groups excluding tert-OH is 1. The fraction of sp³-hybridized carbons (Fsp3) is 0.444. The number of rotatable bonds is 4. The minimum Gasteiger partial charge on any atom is -0.394 e. The van der Waals surface area contributed by atoms with Crippen LogP contribution in [-0.4, -0.2) is 53.3 Å². The zero-order chi connectivity index (χ0) is 16.2. The summed E-state index contributed by atoms with van der Waals surface area (Å²) in [6, 6.07) is 9.76. The molecule has 0 bridgehead atoms. The average Bonchev–Trinajstić information content (AvgIpc) is 2.59. The van der Waals surface area contributed by atoms with Crippen LogP contribution in [-0.2, 0) is 4.74 Å². The van der Waals surface area contributed by atoms with Crippen LogP contribution in [0.3, 0.4) is 0 Å². The van der Waals surface area contributed by atoms with Gasteiger partial charge in [-0.2, -0.15) is 0 Å². The maximum atomic E-state index is 12.9. The summed E-state index contributed by atoms with van der Waals surface area (Å²) in [5, 5.41) is 9.85. The quantitative estimate of drug-likeness (QED) is 0.939. The molecule has 1 unspecified atom stereocenters. The Bertz CT molecular complexity index is 702. The predicted molar refractivity (Wildman–Crippen MR) is 88.4 cm³/mol. The van der Waals surface area contributed by atoms with Gasteiger partial charge in [0.2, 0.25) is 0 Å². The molecule has 0 saturated carbocycles. The number of hydrogen-bond acceptors (Lipinski definition) is 4. The number of aliphatic hydroxyl groups is 1. The molecule has 3 rings (SSSR count). The number of amides is 1. The Morgan fingerprint density at radius 2 is 2.26 bits per heavy atom. The number of aromatic nitrogens is 1. The lowest BCUT2D eigenvalue weighted by molar-refractivity contribution is -0.0110. The zero-order valence-corrected chi connectivity index (χ0v) is 13.4. The molecule has 2 heterocycles. The molecule has 0 spiro atoms. The van der Waals surface area contributed by atoms with Crippen molar-refractivity contribution in [3.05, 3.63) is 41.6 Å². The molecule has 1 atom stereocenters. The number of hydrogen-bond donors (Lipinski definition) is 1. The number of pyridine rings is 1. The molecule has 1 aromatic heterocycles. The Balaban J connectivity index is 1.80. The summed E-state index contributed by atoms with van der Waals surface area (Å²) in [6.45, 7) is 3.53. The number of likely N-dealkylation sites (tertiary alicyclic amines) is 1. The van der Waals surface area contributed by atoms with Crippen molar-refractivity contribution >= 4 is 16.8 Å². The fourth-order valence-electron chi connectivity index (χ4n) is 3.08. The average molecular weight is 314 g/mol. The van der Waals surface area contributed by atoms with Crippen LogP contribution < -0.4 is 0 Å². The van der Waals surface area contributed by atoms with Crippen molar-refractivity contribution in [2.45, 2.75) is 25.9 Å². The summed E-state index contributed by atoms with van der Waals surface area (Å²) >= 11 is 0. The highest BCUT2D eigenvalue weighted by Crippen LogP contribution is 2.20. The Hall–Kier alpha value is -1.98. The molecule has 5 nitrogen and oxygen atoms in total. The second kappa shape index (κ2) is 7.06. The summed E-state index contributed by atoms with van der Waals surface area (Å²) in [5.41, 5.74) is 2.32. The second-order valence-electron chi connectivity index (χ2n) is 5.92. The van der Waals surface area contributed by atoms with Crippen LogP contribution in [0.4, 0.5) is 0 Å². The number of ether oxygens (including phenoxy) is 1. The highest BCUT2D eigenvalue weighted by molar-refractivity contribution is 5.98. The lowest BCUT2D eigenvalue weighted by atomic mass is 10.0. The Morgan fingerprint density at radius 3 is 3.09 bits per heavy atom. The Labute approximate surface area is 135 Å². The standard InChI is InChI=1S/C18H22N2O3/c1-13-16(11-14-5-2-3-7-17(14)19-13)18(22)20-8-4-6-15(12-20)23-10-9-21/h2-3,5,7,11,15,21H,4,6,8-10,12H2,1H3. The van der Waals surface area contributed by atoms with Crippen molar-refractivity contribution in [1.29, 1.82) is 0 Å². The van der Waals surface area contributed by atoms with Crippen molar-refractivity contribution in [3.63, 3.8) is 0 Å². The minimum atomic E-state index is 0.00794. The van der Waals surface area contributed by atoms with E-state index in [0.29, 0.717) is 18.7 Å². The van der Waals surface area contributed by atoms with E-state index >= 15 is 0 Å². The molecule has 2 aromatic rings. The third-order valence-corrected chi connectivity index (χ3v) is 4.26. The number of fused-ring (bicyclic) bond motifs is 1. The van der Waals surface area contributed by atoms with E-state index < -0.39 is 0 Å². The van der Waals surface area contributed by atoms with Gasteiger partial charge < -0.3 is 14.7 Å². The first-order valence-corrected chi connectivity index (χ1v) is 8.07. The van der Waals surface area contributed by atoms with Gasteiger partial charge in [0.1, 0.15) is 0 Å². The summed E-state index contributed by atoms with van der Waals surface area (Å²) in [7, 11) is 0. The molecule has 23 heavy (non-hydrogen) atoms. The molecule has 1 fully saturated rings. The lowest BCUT2D eigenvalue weighted by Crippen LogP contribution is -2.43. The van der Waals surface area contributed by atoms with Crippen LogP contribution in [0.25, 0.3) is 10.9 Å². The zero-order valence-electron chi connectivity index (χ0n) is 13.4. The summed E-state index contributed by atoms with van der Waals surface area (Å²) in [5.74, 6) is 0.0121. The smallest absolute Gasteiger partial charge is 0.255 e. The third kappa shape index (κ3) is 3.51. The molecule has 1 saturated heterocycles. The van der Waals surface area contributed by atoms with Gasteiger partial charge in [-0.25, -0.2) is 0 Å². The van der Waals surface area contributed by atoms with E-state index in [1.807, 2.05) is 42.2 Å². The summed E-state index contributed by atoms with van der Waals surface area (Å²) in [6.07, 6.45) is 1.86. The van der Waals surface area contributed by atoms with Crippen LogP contribution in [0, 0.1) is 6.92 Å². The van der Waals surface area contributed by atoms with Gasteiger partial charge in [0.25, 0.3) is 5.91 Å². The highest BCUT2D eigenvalue weighted by atomic mass is 16.5. The molecule has 1 N–H and O–H groups in total. The maximum Gasteiger partial charge on any atom is 0.255 e. The molecule has 122 valence electrons. The number of nitrogens with zero attached hydrogens (tertiary/aromatic N) is 2. The van der Waals surface area contributed by atoms with Crippen LogP contribution in [0.15, 0.2) is 30.3 Å². The van der Waals surface area contributed by atoms with Gasteiger partial charge >= 0.3 is 0 Å². The summed E-state index contributed by atoms with van der Waals surface area (Å²) in [4.78, 5) is 19.3. The molecule has 1 aliphatic rings. The second-order valence-corrected chi connectivity index (χ2v) is 5.92. The van der Waals surface area contributed by atoms with Gasteiger partial charge in [-0.3, -0.25) is 9.78 Å². The van der Waals surface area contributed by atoms with Gasteiger partial charge in [-0.15, -0.1) is 0 Å². The molecular formula is C18H22N2O3. The van der Waals surface area contributed by atoms with E-state index in [2.05, 4.69) is 4.98 Å². The topological polar surface area (TPSA) is 62.7 Å². The first kappa shape index (κ1) is 15.9. The van der Waals surface area contributed by atoms with E-state index in [1.165, 1.54) is 0 Å². The number of para-hydroxylation sites is 1. The van der Waals surface area contributed by atoms with E-state index in [9.17, 15) is 4.79 Å². The van der Waals surface area contributed by atoms with Crippen molar-refractivity contribution < 1.29 is 14.6 Å². The predicted octanol–water partition coefficient (Wildman–Crippen LogP) is 2.16. The number of carbonyl (C=O) groups is 1. The van der Waals surface area contributed by atoms with Gasteiger partial charge in [0.15, 0.2) is 0 Å². The molecule has 5 heteroatoms. The van der Waals surface area contributed by atoms with Crippen molar-refractivity contribution in [2.24, 2.45) is 0 Å². The number of piperidine rings is 1. The number of carbonyl (C=O) groups excluding carboxylic acids is 1. The van der Waals surface area contributed by atoms with Crippen molar-refractivity contribution in [3.8, 4) is 0 Å². The normalized spacial score (nSPS) is 18.3. The van der Waals surface area contributed by atoms with E-state index in [4.69, 9.17) is 9.84 Å². The van der Waals surface area contributed by atoms with Crippen LogP contribution in [0.2, 0.25) is 0 Å². The lowest BCUT2D eigenvalue weighted by Gasteiger charge is -2.33. The number of benzene rings is 1. The molecular weight excluding hydrogens is 292 g/mol. The van der Waals surface area contributed by atoms with E-state index in [0.717, 1.165) is 36.0 Å². The van der Waals surface area contributed by atoms with Crippen molar-refractivity contribution in [2.75, 3.05) is 26.3 Å². The van der Waals surface area contributed by atoms with Gasteiger partial charge in [0.05, 0.1) is 36.1 Å². The van der Waals surface area contributed by atoms with Gasteiger partial charge in [0, 0.05) is 18.5 Å². The summed E-state index contributed by atoms with van der Waals surface area (Å²) < 4.78 is 5.59. The SMILES string of the molecule is Cc1nc2ccccc2cc1C(=O)N1CCCC(OCCO)C1. The Kier molecular flexibility index (Phi) is 4.88. The van der Waals surface area contributed by atoms with Crippen molar-refractivity contribution in [1.82, 2.24) is 9.88 Å². The monoisotopic (exact) mass is 314 g/mol. The van der Waals surface area contributed by atoms with E-state index in [1.54, 1.807) is 0 Å². The highest BCUT2D eigenvalue weighted by Gasteiger charge is 2.26. The van der Waals surface area contributed by atoms with Gasteiger partial charge in [-0.05, 0) is 31.9 Å². The largest absolute Gasteiger partial charge is 0.394 e. The fourth-order valence-corrected chi connectivity index (χ4v) is 3.08. The van der Waals surface area contributed by atoms with Crippen LogP contribution in [0.1, 0.15) is 28.9 Å². The number of aryl methyl sites for hydroxylation is 1. The van der Waals surface area contributed by atoms with Crippen LogP contribution in [0.5, 0.6) is 0 Å². The molecule has 0 radical (unpaired) electrons. The molecule has 0 aliphatic carbocycles. The minimum absolute atomic E-state index is 0.00794. The third-order valence-electron chi connectivity index (χ3n) is 4.26. The molecule has 1 aromatic carbocycles.